The Morgan fingerprint density at radius 1 is 1.33 bits per heavy atom. The quantitative estimate of drug-likeness (QED) is 0.677. The molecule has 1 unspecified atom stereocenters. The average Bonchev–Trinajstić information content (AvgIpc) is 2.30. The van der Waals surface area contributed by atoms with Crippen LogP contribution in [0.5, 0.6) is 0 Å². The molecule has 0 heterocycles. The van der Waals surface area contributed by atoms with Gasteiger partial charge in [0.25, 0.3) is 0 Å². The van der Waals surface area contributed by atoms with E-state index in [1.54, 1.807) is 7.11 Å². The molecule has 1 saturated carbocycles. The average molecular weight is 300 g/mol. The lowest BCUT2D eigenvalue weighted by atomic mass is 9.81. The zero-order valence-electron chi connectivity index (χ0n) is 14.2. The summed E-state index contributed by atoms with van der Waals surface area (Å²) in [6.07, 6.45) is 4.09. The third kappa shape index (κ3) is 8.27. The first-order valence-corrected chi connectivity index (χ1v) is 8.02. The molecule has 1 fully saturated rings. The number of rotatable bonds is 8. The summed E-state index contributed by atoms with van der Waals surface area (Å²) >= 11 is 0. The van der Waals surface area contributed by atoms with Gasteiger partial charge in [-0.25, -0.2) is 4.79 Å². The van der Waals surface area contributed by atoms with Gasteiger partial charge in [0.2, 0.25) is 0 Å². The van der Waals surface area contributed by atoms with Crippen LogP contribution >= 0.6 is 0 Å². The molecule has 0 aromatic carbocycles. The molecule has 0 radical (unpaired) electrons. The Kier molecular flexibility index (Phi) is 7.46. The molecular weight excluding hydrogens is 268 g/mol. The number of nitrogens with one attached hydrogen (secondary N) is 2. The zero-order chi connectivity index (χ0) is 15.9. The van der Waals surface area contributed by atoms with E-state index < -0.39 is 5.60 Å². The van der Waals surface area contributed by atoms with Gasteiger partial charge < -0.3 is 20.1 Å². The lowest BCUT2D eigenvalue weighted by molar-refractivity contribution is 0.0525. The third-order valence-electron chi connectivity index (χ3n) is 3.61. The number of carbonyl (C=O) groups is 1. The van der Waals surface area contributed by atoms with Gasteiger partial charge in [-0.05, 0) is 52.4 Å². The van der Waals surface area contributed by atoms with E-state index in [1.165, 1.54) is 12.8 Å². The summed E-state index contributed by atoms with van der Waals surface area (Å²) < 4.78 is 10.5. The Balaban J connectivity index is 2.14. The van der Waals surface area contributed by atoms with Crippen molar-refractivity contribution in [1.82, 2.24) is 10.6 Å². The standard InChI is InChI=1S/C16H32N2O3/c1-12-9-14(10-12)18-13(11-20-5)7-6-8-17-15(19)21-16(2,3)4/h12-14,18H,6-11H2,1-5H3,(H,17,19). The minimum Gasteiger partial charge on any atom is -0.444 e. The molecule has 1 rings (SSSR count). The second-order valence-electron chi connectivity index (χ2n) is 7.16. The topological polar surface area (TPSA) is 59.6 Å². The highest BCUT2D eigenvalue weighted by molar-refractivity contribution is 5.67. The van der Waals surface area contributed by atoms with E-state index in [1.807, 2.05) is 20.8 Å². The van der Waals surface area contributed by atoms with Gasteiger partial charge >= 0.3 is 6.09 Å². The summed E-state index contributed by atoms with van der Waals surface area (Å²) in [6, 6.07) is 1.01. The van der Waals surface area contributed by atoms with Crippen molar-refractivity contribution in [1.29, 1.82) is 0 Å². The maximum atomic E-state index is 11.5. The van der Waals surface area contributed by atoms with Crippen molar-refractivity contribution in [3.05, 3.63) is 0 Å². The van der Waals surface area contributed by atoms with Crippen LogP contribution in [0.2, 0.25) is 0 Å². The van der Waals surface area contributed by atoms with Gasteiger partial charge in [-0.2, -0.15) is 0 Å². The molecular formula is C16H32N2O3. The highest BCUT2D eigenvalue weighted by atomic mass is 16.6. The van der Waals surface area contributed by atoms with Crippen molar-refractivity contribution < 1.29 is 14.3 Å². The molecule has 0 bridgehead atoms. The molecule has 0 aliphatic heterocycles. The Morgan fingerprint density at radius 3 is 2.52 bits per heavy atom. The van der Waals surface area contributed by atoms with Crippen molar-refractivity contribution in [2.45, 2.75) is 71.1 Å². The summed E-state index contributed by atoms with van der Waals surface area (Å²) in [5.74, 6) is 0.847. The van der Waals surface area contributed by atoms with Crippen LogP contribution in [0.3, 0.4) is 0 Å². The van der Waals surface area contributed by atoms with Crippen molar-refractivity contribution in [3.8, 4) is 0 Å². The molecule has 5 nitrogen and oxygen atoms in total. The lowest BCUT2D eigenvalue weighted by Crippen LogP contribution is -2.47. The largest absolute Gasteiger partial charge is 0.444 e. The Bertz CT molecular complexity index is 309. The van der Waals surface area contributed by atoms with E-state index in [9.17, 15) is 4.79 Å². The summed E-state index contributed by atoms with van der Waals surface area (Å²) in [5, 5.41) is 6.44. The van der Waals surface area contributed by atoms with Crippen LogP contribution in [0.1, 0.15) is 53.4 Å². The molecule has 0 aromatic heterocycles. The number of hydrogen-bond donors (Lipinski definition) is 2. The van der Waals surface area contributed by atoms with Crippen LogP contribution in [0.25, 0.3) is 0 Å². The van der Waals surface area contributed by atoms with E-state index in [0.29, 0.717) is 18.6 Å². The molecule has 2 N–H and O–H groups in total. The first-order valence-electron chi connectivity index (χ1n) is 8.02. The highest BCUT2D eigenvalue weighted by Crippen LogP contribution is 2.26. The number of hydrogen-bond acceptors (Lipinski definition) is 4. The van der Waals surface area contributed by atoms with Crippen LogP contribution in [0.4, 0.5) is 4.79 Å². The third-order valence-corrected chi connectivity index (χ3v) is 3.61. The van der Waals surface area contributed by atoms with Gasteiger partial charge in [-0.15, -0.1) is 0 Å². The fraction of sp³-hybridized carbons (Fsp3) is 0.938. The van der Waals surface area contributed by atoms with Crippen molar-refractivity contribution in [3.63, 3.8) is 0 Å². The number of carbonyl (C=O) groups excluding carboxylic acids is 1. The molecule has 0 aromatic rings. The van der Waals surface area contributed by atoms with Crippen molar-refractivity contribution in [2.24, 2.45) is 5.92 Å². The Morgan fingerprint density at radius 2 is 2.00 bits per heavy atom. The van der Waals surface area contributed by atoms with E-state index in [0.717, 1.165) is 25.4 Å². The predicted molar refractivity (Wildman–Crippen MR) is 84.5 cm³/mol. The zero-order valence-corrected chi connectivity index (χ0v) is 14.2. The van der Waals surface area contributed by atoms with Gasteiger partial charge in [0.1, 0.15) is 5.60 Å². The van der Waals surface area contributed by atoms with E-state index in [-0.39, 0.29) is 6.09 Å². The van der Waals surface area contributed by atoms with Crippen LogP contribution in [-0.4, -0.2) is 44.0 Å². The number of ether oxygens (including phenoxy) is 2. The van der Waals surface area contributed by atoms with E-state index in [2.05, 4.69) is 17.6 Å². The molecule has 1 aliphatic carbocycles. The Labute approximate surface area is 129 Å². The van der Waals surface area contributed by atoms with Crippen molar-refractivity contribution >= 4 is 6.09 Å². The minimum atomic E-state index is -0.439. The van der Waals surface area contributed by atoms with Gasteiger partial charge in [-0.3, -0.25) is 0 Å². The van der Waals surface area contributed by atoms with E-state index >= 15 is 0 Å². The molecule has 21 heavy (non-hydrogen) atoms. The highest BCUT2D eigenvalue weighted by Gasteiger charge is 2.27. The first kappa shape index (κ1) is 18.2. The summed E-state index contributed by atoms with van der Waals surface area (Å²) in [4.78, 5) is 11.5. The Hall–Kier alpha value is -0.810. The molecule has 5 heteroatoms. The van der Waals surface area contributed by atoms with Gasteiger partial charge in [0.05, 0.1) is 6.61 Å². The van der Waals surface area contributed by atoms with E-state index in [4.69, 9.17) is 9.47 Å². The normalized spacial score (nSPS) is 23.3. The van der Waals surface area contributed by atoms with Crippen molar-refractivity contribution in [2.75, 3.05) is 20.3 Å². The fourth-order valence-corrected chi connectivity index (χ4v) is 2.64. The minimum absolute atomic E-state index is 0.341. The molecule has 1 amide bonds. The SMILES string of the molecule is COCC(CCCNC(=O)OC(C)(C)C)NC1CC(C)C1. The van der Waals surface area contributed by atoms with Crippen LogP contribution in [0.15, 0.2) is 0 Å². The predicted octanol–water partition coefficient (Wildman–Crippen LogP) is 2.69. The monoisotopic (exact) mass is 300 g/mol. The second kappa shape index (κ2) is 8.59. The number of amides is 1. The van der Waals surface area contributed by atoms with Gasteiger partial charge in [0, 0.05) is 25.7 Å². The molecule has 0 spiro atoms. The number of alkyl carbamates (subject to hydrolysis) is 1. The summed E-state index contributed by atoms with van der Waals surface area (Å²) in [7, 11) is 1.73. The second-order valence-corrected chi connectivity index (χ2v) is 7.16. The number of methoxy groups -OCH3 is 1. The molecule has 124 valence electrons. The molecule has 0 saturated heterocycles. The van der Waals surface area contributed by atoms with Crippen LogP contribution in [0, 0.1) is 5.92 Å². The smallest absolute Gasteiger partial charge is 0.407 e. The van der Waals surface area contributed by atoms with Gasteiger partial charge in [0.15, 0.2) is 0 Å². The maximum Gasteiger partial charge on any atom is 0.407 e. The van der Waals surface area contributed by atoms with Gasteiger partial charge in [-0.1, -0.05) is 6.92 Å². The maximum absolute atomic E-state index is 11.5. The first-order chi connectivity index (χ1) is 9.80. The van der Waals surface area contributed by atoms with Crippen LogP contribution in [-0.2, 0) is 9.47 Å². The lowest BCUT2D eigenvalue weighted by Gasteiger charge is -2.36. The fourth-order valence-electron chi connectivity index (χ4n) is 2.64. The van der Waals surface area contributed by atoms with Crippen LogP contribution < -0.4 is 10.6 Å². The summed E-state index contributed by atoms with van der Waals surface area (Å²) in [6.45, 7) is 9.24. The molecule has 1 atom stereocenters. The molecule has 1 aliphatic rings. The summed E-state index contributed by atoms with van der Waals surface area (Å²) in [5.41, 5.74) is -0.439.